The van der Waals surface area contributed by atoms with Crippen molar-refractivity contribution in [3.05, 3.63) is 64.7 Å². The van der Waals surface area contributed by atoms with Gasteiger partial charge in [0.25, 0.3) is 0 Å². The Morgan fingerprint density at radius 2 is 1.83 bits per heavy atom. The molecular weight excluding hydrogens is 322 g/mol. The van der Waals surface area contributed by atoms with Gasteiger partial charge in [-0.3, -0.25) is 0 Å². The number of sulfonamides is 1. The minimum absolute atomic E-state index is 0.121. The largest absolute Gasteiger partial charge is 0.372 e. The normalized spacial score (nSPS) is 17.8. The highest BCUT2D eigenvalue weighted by atomic mass is 32.2. The zero-order chi connectivity index (χ0) is 17.3. The maximum atomic E-state index is 12.9. The Balaban J connectivity index is 1.77. The Morgan fingerprint density at radius 3 is 2.58 bits per heavy atom. The molecule has 0 saturated carbocycles. The summed E-state index contributed by atoms with van der Waals surface area (Å²) in [5.74, 6) is 0. The summed E-state index contributed by atoms with van der Waals surface area (Å²) in [6, 6.07) is 13.7. The molecule has 2 aromatic carbocycles. The summed E-state index contributed by atoms with van der Waals surface area (Å²) >= 11 is 0. The van der Waals surface area contributed by atoms with Crippen molar-refractivity contribution in [3.8, 4) is 0 Å². The van der Waals surface area contributed by atoms with E-state index in [1.54, 1.807) is 13.1 Å². The number of likely N-dealkylation sites (N-methyl/N-ethyl adjacent to an activating group) is 1. The van der Waals surface area contributed by atoms with E-state index < -0.39 is 10.0 Å². The van der Waals surface area contributed by atoms with Crippen molar-refractivity contribution in [3.63, 3.8) is 0 Å². The third-order valence-electron chi connectivity index (χ3n) is 4.53. The van der Waals surface area contributed by atoms with Gasteiger partial charge in [-0.15, -0.1) is 0 Å². The van der Waals surface area contributed by atoms with Crippen molar-refractivity contribution in [1.29, 1.82) is 0 Å². The molecule has 1 unspecified atom stereocenters. The molecule has 2 aromatic rings. The number of ether oxygens (including phenoxy) is 1. The van der Waals surface area contributed by atoms with E-state index >= 15 is 0 Å². The van der Waals surface area contributed by atoms with Crippen LogP contribution in [0.25, 0.3) is 0 Å². The van der Waals surface area contributed by atoms with E-state index in [2.05, 4.69) is 12.1 Å². The minimum Gasteiger partial charge on any atom is -0.372 e. The molecular formula is C19H23NO3S. The predicted molar refractivity (Wildman–Crippen MR) is 94.5 cm³/mol. The molecule has 1 aliphatic heterocycles. The molecule has 0 amide bonds. The number of hydrogen-bond donors (Lipinski definition) is 0. The van der Waals surface area contributed by atoms with Gasteiger partial charge in [-0.2, -0.15) is 4.31 Å². The first-order chi connectivity index (χ1) is 11.4. The van der Waals surface area contributed by atoms with Crippen LogP contribution in [0.4, 0.5) is 0 Å². The quantitative estimate of drug-likeness (QED) is 0.855. The molecule has 24 heavy (non-hydrogen) atoms. The molecule has 5 heteroatoms. The van der Waals surface area contributed by atoms with Gasteiger partial charge in [0.2, 0.25) is 10.0 Å². The first-order valence-corrected chi connectivity index (χ1v) is 9.54. The van der Waals surface area contributed by atoms with Crippen molar-refractivity contribution in [1.82, 2.24) is 4.31 Å². The molecule has 3 rings (SSSR count). The van der Waals surface area contributed by atoms with E-state index in [-0.39, 0.29) is 6.10 Å². The second kappa shape index (κ2) is 6.67. The molecule has 0 aliphatic carbocycles. The van der Waals surface area contributed by atoms with Gasteiger partial charge in [-0.05, 0) is 42.2 Å². The summed E-state index contributed by atoms with van der Waals surface area (Å²) < 4.78 is 33.1. The molecule has 0 spiro atoms. The van der Waals surface area contributed by atoms with Crippen molar-refractivity contribution < 1.29 is 13.2 Å². The highest BCUT2D eigenvalue weighted by Gasteiger charge is 2.27. The molecule has 0 bridgehead atoms. The lowest BCUT2D eigenvalue weighted by Gasteiger charge is -2.29. The minimum atomic E-state index is -3.52. The average Bonchev–Trinajstić information content (AvgIpc) is 2.56. The predicted octanol–water partition coefficient (Wildman–Crippen LogP) is 3.07. The van der Waals surface area contributed by atoms with Gasteiger partial charge in [0.1, 0.15) is 0 Å². The number of nitrogens with zero attached hydrogens (tertiary/aromatic N) is 1. The van der Waals surface area contributed by atoms with E-state index in [0.717, 1.165) is 17.5 Å². The van der Waals surface area contributed by atoms with Crippen LogP contribution in [0.15, 0.2) is 47.4 Å². The summed E-state index contributed by atoms with van der Waals surface area (Å²) in [5.41, 5.74) is 4.14. The molecule has 0 radical (unpaired) electrons. The number of fused-ring (bicyclic) bond motifs is 1. The van der Waals surface area contributed by atoms with Crippen LogP contribution in [0.3, 0.4) is 0 Å². The van der Waals surface area contributed by atoms with Crippen molar-refractivity contribution >= 4 is 10.0 Å². The summed E-state index contributed by atoms with van der Waals surface area (Å²) in [6.45, 7) is 4.62. The number of benzene rings is 2. The summed E-state index contributed by atoms with van der Waals surface area (Å²) in [6.07, 6.45) is 0.618. The van der Waals surface area contributed by atoms with Crippen molar-refractivity contribution in [2.45, 2.75) is 37.9 Å². The van der Waals surface area contributed by atoms with E-state index in [0.29, 0.717) is 18.0 Å². The molecule has 1 atom stereocenters. The topological polar surface area (TPSA) is 46.6 Å². The summed E-state index contributed by atoms with van der Waals surface area (Å²) in [7, 11) is -1.89. The van der Waals surface area contributed by atoms with Crippen LogP contribution in [-0.4, -0.2) is 32.4 Å². The molecule has 0 N–H and O–H groups in total. The maximum Gasteiger partial charge on any atom is 0.243 e. The smallest absolute Gasteiger partial charge is 0.243 e. The van der Waals surface area contributed by atoms with E-state index in [9.17, 15) is 8.42 Å². The lowest BCUT2D eigenvalue weighted by Crippen LogP contribution is -2.38. The van der Waals surface area contributed by atoms with Gasteiger partial charge < -0.3 is 4.74 Å². The first kappa shape index (κ1) is 17.1. The Hall–Kier alpha value is -1.69. The number of rotatable bonds is 4. The number of hydrogen-bond acceptors (Lipinski definition) is 3. The highest BCUT2D eigenvalue weighted by molar-refractivity contribution is 7.89. The van der Waals surface area contributed by atoms with Gasteiger partial charge in [0.05, 0.1) is 17.6 Å². The lowest BCUT2D eigenvalue weighted by atomic mass is 9.99. The average molecular weight is 345 g/mol. The second-order valence-electron chi connectivity index (χ2n) is 6.46. The molecule has 0 saturated heterocycles. The molecule has 128 valence electrons. The zero-order valence-corrected chi connectivity index (χ0v) is 15.1. The number of aryl methyl sites for hydroxylation is 2. The SMILES string of the molecule is Cc1ccc(C)c(S(=O)(=O)N(C)CC2Cc3ccccc3CO2)c1. The fourth-order valence-corrected chi connectivity index (χ4v) is 4.57. The Kier molecular flexibility index (Phi) is 4.76. The van der Waals surface area contributed by atoms with E-state index in [1.807, 2.05) is 38.1 Å². The van der Waals surface area contributed by atoms with Gasteiger partial charge in [-0.1, -0.05) is 36.4 Å². The lowest BCUT2D eigenvalue weighted by molar-refractivity contribution is 0.0202. The van der Waals surface area contributed by atoms with Gasteiger partial charge >= 0.3 is 0 Å². The third kappa shape index (κ3) is 3.38. The monoisotopic (exact) mass is 345 g/mol. The van der Waals surface area contributed by atoms with Gasteiger partial charge in [-0.25, -0.2) is 8.42 Å². The Labute approximate surface area is 144 Å². The maximum absolute atomic E-state index is 12.9. The van der Waals surface area contributed by atoms with Crippen LogP contribution in [0, 0.1) is 13.8 Å². The van der Waals surface area contributed by atoms with Crippen LogP contribution in [0.2, 0.25) is 0 Å². The third-order valence-corrected chi connectivity index (χ3v) is 6.50. The second-order valence-corrected chi connectivity index (χ2v) is 8.47. The molecule has 4 nitrogen and oxygen atoms in total. The van der Waals surface area contributed by atoms with Crippen molar-refractivity contribution in [2.75, 3.05) is 13.6 Å². The van der Waals surface area contributed by atoms with Crippen LogP contribution >= 0.6 is 0 Å². The van der Waals surface area contributed by atoms with Crippen LogP contribution in [0.1, 0.15) is 22.3 Å². The fourth-order valence-electron chi connectivity index (χ4n) is 3.06. The van der Waals surface area contributed by atoms with E-state index in [1.165, 1.54) is 15.4 Å². The fraction of sp³-hybridized carbons (Fsp3) is 0.368. The van der Waals surface area contributed by atoms with E-state index in [4.69, 9.17) is 4.74 Å². The summed E-state index contributed by atoms with van der Waals surface area (Å²) in [5, 5.41) is 0. The molecule has 1 heterocycles. The van der Waals surface area contributed by atoms with Crippen LogP contribution < -0.4 is 0 Å². The standard InChI is InChI=1S/C19H23NO3S/c1-14-8-9-15(2)19(10-14)24(21,22)20(3)12-18-11-16-6-4-5-7-17(16)13-23-18/h4-10,18H,11-13H2,1-3H3. The molecule has 0 aromatic heterocycles. The first-order valence-electron chi connectivity index (χ1n) is 8.10. The van der Waals surface area contributed by atoms with Crippen LogP contribution in [-0.2, 0) is 27.8 Å². The Bertz CT molecular complexity index is 845. The molecule has 1 aliphatic rings. The molecule has 0 fully saturated rings. The van der Waals surface area contributed by atoms with Crippen molar-refractivity contribution in [2.24, 2.45) is 0 Å². The summed E-state index contributed by atoms with van der Waals surface area (Å²) in [4.78, 5) is 0.376. The highest BCUT2D eigenvalue weighted by Crippen LogP contribution is 2.24. The van der Waals surface area contributed by atoms with Gasteiger partial charge in [0, 0.05) is 20.0 Å². The zero-order valence-electron chi connectivity index (χ0n) is 14.3. The Morgan fingerprint density at radius 1 is 1.12 bits per heavy atom. The van der Waals surface area contributed by atoms with Gasteiger partial charge in [0.15, 0.2) is 0 Å². The van der Waals surface area contributed by atoms with Crippen LogP contribution in [0.5, 0.6) is 0 Å².